The van der Waals surface area contributed by atoms with E-state index in [9.17, 15) is 4.79 Å². The fraction of sp³-hybridized carbons (Fsp3) is 0.280. The van der Waals surface area contributed by atoms with E-state index < -0.39 is 0 Å². The van der Waals surface area contributed by atoms with Crippen LogP contribution in [0.2, 0.25) is 0 Å². The number of piperidine rings is 1. The van der Waals surface area contributed by atoms with E-state index >= 15 is 0 Å². The number of hydrogen-bond donors (Lipinski definition) is 0. The molecule has 4 nitrogen and oxygen atoms in total. The summed E-state index contributed by atoms with van der Waals surface area (Å²) in [4.78, 5) is 24.5. The van der Waals surface area contributed by atoms with Gasteiger partial charge in [0.2, 0.25) is 5.91 Å². The third-order valence-corrected chi connectivity index (χ3v) is 7.11. The van der Waals surface area contributed by atoms with Gasteiger partial charge in [0.15, 0.2) is 0 Å². The van der Waals surface area contributed by atoms with Crippen LogP contribution in [0.4, 0.5) is 11.4 Å². The lowest BCUT2D eigenvalue weighted by Crippen LogP contribution is -2.37. The molecule has 3 aromatic rings. The first kappa shape index (κ1) is 19.3. The van der Waals surface area contributed by atoms with Crippen LogP contribution in [0.25, 0.3) is 0 Å². The van der Waals surface area contributed by atoms with E-state index in [1.54, 1.807) is 11.8 Å². The molecule has 5 heteroatoms. The fourth-order valence-corrected chi connectivity index (χ4v) is 5.59. The van der Waals surface area contributed by atoms with Crippen molar-refractivity contribution in [2.24, 2.45) is 0 Å². The Labute approximate surface area is 181 Å². The monoisotopic (exact) mass is 415 g/mol. The molecule has 1 fully saturated rings. The number of hydrogen-bond acceptors (Lipinski definition) is 4. The van der Waals surface area contributed by atoms with E-state index in [0.29, 0.717) is 12.5 Å². The maximum absolute atomic E-state index is 13.5. The standard InChI is InChI=1S/C25H25N3OS/c29-25(14-17-27-16-6-5-9-20(27)19-8-7-15-26-18-19)28-21-10-1-3-12-23(21)30-24-13-4-2-11-22(24)28/h1-4,7-8,10-13,15,18,20H,5-6,9,14,16-17H2/t20-/m0/s1. The van der Waals surface area contributed by atoms with Crippen LogP contribution in [-0.2, 0) is 4.79 Å². The first-order chi connectivity index (χ1) is 14.8. The van der Waals surface area contributed by atoms with Crippen molar-refractivity contribution >= 4 is 29.0 Å². The Hall–Kier alpha value is -2.63. The minimum atomic E-state index is 0.158. The summed E-state index contributed by atoms with van der Waals surface area (Å²) < 4.78 is 0. The number of anilines is 2. The van der Waals surface area contributed by atoms with E-state index in [2.05, 4.69) is 40.2 Å². The summed E-state index contributed by atoms with van der Waals surface area (Å²) in [7, 11) is 0. The molecule has 2 aromatic carbocycles. The predicted molar refractivity (Wildman–Crippen MR) is 121 cm³/mol. The summed E-state index contributed by atoms with van der Waals surface area (Å²) in [6, 6.07) is 20.9. The van der Waals surface area contributed by atoms with Gasteiger partial charge in [0, 0.05) is 41.2 Å². The fourth-order valence-electron chi connectivity index (χ4n) is 4.53. The summed E-state index contributed by atoms with van der Waals surface area (Å²) in [5.41, 5.74) is 3.25. The molecule has 5 rings (SSSR count). The second kappa shape index (κ2) is 8.62. The van der Waals surface area contributed by atoms with Gasteiger partial charge in [-0.2, -0.15) is 0 Å². The van der Waals surface area contributed by atoms with Crippen LogP contribution in [0.1, 0.15) is 37.3 Å². The minimum Gasteiger partial charge on any atom is -0.296 e. The Bertz CT molecular complexity index is 994. The molecule has 2 aliphatic rings. The molecule has 1 amide bonds. The van der Waals surface area contributed by atoms with Gasteiger partial charge >= 0.3 is 0 Å². The van der Waals surface area contributed by atoms with Crippen LogP contribution in [0.15, 0.2) is 82.8 Å². The first-order valence-electron chi connectivity index (χ1n) is 10.6. The number of benzene rings is 2. The average Bonchev–Trinajstić information content (AvgIpc) is 2.81. The molecule has 0 spiro atoms. The molecule has 0 saturated carbocycles. The molecule has 30 heavy (non-hydrogen) atoms. The van der Waals surface area contributed by atoms with Gasteiger partial charge in [0.25, 0.3) is 0 Å². The zero-order valence-electron chi connectivity index (χ0n) is 16.9. The number of fused-ring (bicyclic) bond motifs is 2. The number of likely N-dealkylation sites (tertiary alicyclic amines) is 1. The molecule has 1 aromatic heterocycles. The highest BCUT2D eigenvalue weighted by atomic mass is 32.2. The van der Waals surface area contributed by atoms with Gasteiger partial charge in [0.1, 0.15) is 0 Å². The highest BCUT2D eigenvalue weighted by Gasteiger charge is 2.29. The van der Waals surface area contributed by atoms with Crippen molar-refractivity contribution in [1.82, 2.24) is 9.88 Å². The third-order valence-electron chi connectivity index (χ3n) is 5.98. The van der Waals surface area contributed by atoms with Crippen LogP contribution in [0.5, 0.6) is 0 Å². The van der Waals surface area contributed by atoms with Crippen molar-refractivity contribution in [2.75, 3.05) is 18.0 Å². The SMILES string of the molecule is O=C(CCN1CCCC[C@H]1c1cccnc1)N1c2ccccc2Sc2ccccc21. The number of carbonyl (C=O) groups excluding carboxylic acids is 1. The lowest BCUT2D eigenvalue weighted by atomic mass is 9.96. The Morgan fingerprint density at radius 2 is 1.70 bits per heavy atom. The van der Waals surface area contributed by atoms with E-state index in [1.807, 2.05) is 47.6 Å². The molecule has 152 valence electrons. The smallest absolute Gasteiger partial charge is 0.232 e. The van der Waals surface area contributed by atoms with Crippen molar-refractivity contribution in [2.45, 2.75) is 41.5 Å². The van der Waals surface area contributed by atoms with E-state index in [1.165, 1.54) is 18.4 Å². The maximum atomic E-state index is 13.5. The molecule has 0 radical (unpaired) electrons. The quantitative estimate of drug-likeness (QED) is 0.537. The van der Waals surface area contributed by atoms with Gasteiger partial charge in [-0.25, -0.2) is 0 Å². The molecule has 0 aliphatic carbocycles. The van der Waals surface area contributed by atoms with Crippen LogP contribution in [-0.4, -0.2) is 28.9 Å². The van der Waals surface area contributed by atoms with Crippen molar-refractivity contribution in [3.05, 3.63) is 78.6 Å². The number of nitrogens with zero attached hydrogens (tertiary/aromatic N) is 3. The molecule has 3 heterocycles. The Balaban J connectivity index is 1.37. The number of carbonyl (C=O) groups is 1. The largest absolute Gasteiger partial charge is 0.296 e. The van der Waals surface area contributed by atoms with Crippen molar-refractivity contribution in [3.8, 4) is 0 Å². The van der Waals surface area contributed by atoms with Gasteiger partial charge < -0.3 is 0 Å². The summed E-state index contributed by atoms with van der Waals surface area (Å²) in [6.07, 6.45) is 7.85. The highest BCUT2D eigenvalue weighted by molar-refractivity contribution is 7.99. The zero-order chi connectivity index (χ0) is 20.3. The molecule has 1 saturated heterocycles. The molecule has 0 N–H and O–H groups in total. The van der Waals surface area contributed by atoms with Gasteiger partial charge in [-0.05, 0) is 55.3 Å². The Kier molecular flexibility index (Phi) is 5.56. The Morgan fingerprint density at radius 1 is 0.967 bits per heavy atom. The topological polar surface area (TPSA) is 36.4 Å². The van der Waals surface area contributed by atoms with Crippen LogP contribution in [0, 0.1) is 0 Å². The zero-order valence-corrected chi connectivity index (χ0v) is 17.7. The molecule has 2 aliphatic heterocycles. The summed E-state index contributed by atoms with van der Waals surface area (Å²) >= 11 is 1.74. The van der Waals surface area contributed by atoms with Gasteiger partial charge in [-0.15, -0.1) is 0 Å². The van der Waals surface area contributed by atoms with Gasteiger partial charge in [0.05, 0.1) is 11.4 Å². The molecular formula is C25H25N3OS. The molecule has 0 bridgehead atoms. The summed E-state index contributed by atoms with van der Waals surface area (Å²) in [6.45, 7) is 1.81. The third kappa shape index (κ3) is 3.75. The van der Waals surface area contributed by atoms with Crippen molar-refractivity contribution < 1.29 is 4.79 Å². The van der Waals surface area contributed by atoms with E-state index in [4.69, 9.17) is 0 Å². The molecule has 1 atom stereocenters. The van der Waals surface area contributed by atoms with Crippen molar-refractivity contribution in [3.63, 3.8) is 0 Å². The predicted octanol–water partition coefficient (Wildman–Crippen LogP) is 5.83. The number of para-hydroxylation sites is 2. The minimum absolute atomic E-state index is 0.158. The summed E-state index contributed by atoms with van der Waals surface area (Å²) in [5, 5.41) is 0. The number of amides is 1. The van der Waals surface area contributed by atoms with E-state index in [-0.39, 0.29) is 5.91 Å². The summed E-state index contributed by atoms with van der Waals surface area (Å²) in [5.74, 6) is 0.158. The van der Waals surface area contributed by atoms with E-state index in [0.717, 1.165) is 40.7 Å². The second-order valence-electron chi connectivity index (χ2n) is 7.85. The first-order valence-corrected chi connectivity index (χ1v) is 11.5. The lowest BCUT2D eigenvalue weighted by Gasteiger charge is -2.36. The van der Waals surface area contributed by atoms with Crippen LogP contribution < -0.4 is 4.90 Å². The molecular weight excluding hydrogens is 390 g/mol. The Morgan fingerprint density at radius 3 is 2.40 bits per heavy atom. The van der Waals surface area contributed by atoms with Crippen LogP contribution in [0.3, 0.4) is 0 Å². The van der Waals surface area contributed by atoms with Crippen molar-refractivity contribution in [1.29, 1.82) is 0 Å². The number of rotatable bonds is 4. The van der Waals surface area contributed by atoms with Crippen LogP contribution >= 0.6 is 11.8 Å². The normalized spacial score (nSPS) is 18.5. The lowest BCUT2D eigenvalue weighted by molar-refractivity contribution is -0.118. The number of pyridine rings is 1. The van der Waals surface area contributed by atoms with Gasteiger partial charge in [-0.1, -0.05) is 48.5 Å². The number of aromatic nitrogens is 1. The van der Waals surface area contributed by atoms with Gasteiger partial charge in [-0.3, -0.25) is 19.6 Å². The maximum Gasteiger partial charge on any atom is 0.232 e. The second-order valence-corrected chi connectivity index (χ2v) is 8.93. The molecule has 0 unspecified atom stereocenters. The average molecular weight is 416 g/mol. The highest BCUT2D eigenvalue weighted by Crippen LogP contribution is 2.48.